The lowest BCUT2D eigenvalue weighted by Crippen LogP contribution is -1.89. The Labute approximate surface area is 112 Å². The van der Waals surface area contributed by atoms with Crippen molar-refractivity contribution in [3.8, 4) is 11.4 Å². The van der Waals surface area contributed by atoms with Gasteiger partial charge in [-0.05, 0) is 5.56 Å². The minimum atomic E-state index is 0.274. The summed E-state index contributed by atoms with van der Waals surface area (Å²) >= 11 is 15.0. The van der Waals surface area contributed by atoms with E-state index in [9.17, 15) is 0 Å². The molecule has 1 heterocycles. The molecule has 0 amide bonds. The summed E-state index contributed by atoms with van der Waals surface area (Å²) in [5, 5.41) is 1.47. The normalized spacial score (nSPS) is 10.4. The SMILES string of the molecule is Clc1cnc(-c2ccc(CBr)cc2)nc1Cl. The number of hydrogen-bond acceptors (Lipinski definition) is 2. The van der Waals surface area contributed by atoms with Crippen LogP contribution in [-0.2, 0) is 5.33 Å². The lowest BCUT2D eigenvalue weighted by Gasteiger charge is -2.02. The molecule has 1 aromatic carbocycles. The molecule has 0 unspecified atom stereocenters. The van der Waals surface area contributed by atoms with Crippen LogP contribution in [-0.4, -0.2) is 9.97 Å². The molecule has 0 bridgehead atoms. The van der Waals surface area contributed by atoms with Crippen LogP contribution < -0.4 is 0 Å². The van der Waals surface area contributed by atoms with Crippen LogP contribution in [0.25, 0.3) is 11.4 Å². The molecule has 0 fully saturated rings. The standard InChI is InChI=1S/C11H7BrCl2N2/c12-5-7-1-3-8(4-2-7)11-15-6-9(13)10(14)16-11/h1-4,6H,5H2. The highest BCUT2D eigenvalue weighted by molar-refractivity contribution is 9.08. The summed E-state index contributed by atoms with van der Waals surface area (Å²) in [4.78, 5) is 8.23. The topological polar surface area (TPSA) is 25.8 Å². The van der Waals surface area contributed by atoms with E-state index in [4.69, 9.17) is 23.2 Å². The second-order valence-electron chi connectivity index (χ2n) is 3.16. The van der Waals surface area contributed by atoms with Crippen LogP contribution in [0.2, 0.25) is 10.2 Å². The van der Waals surface area contributed by atoms with Crippen molar-refractivity contribution in [3.05, 3.63) is 46.2 Å². The third-order valence-electron chi connectivity index (χ3n) is 2.07. The maximum absolute atomic E-state index is 5.83. The first-order valence-corrected chi connectivity index (χ1v) is 6.42. The van der Waals surface area contributed by atoms with Crippen molar-refractivity contribution in [2.24, 2.45) is 0 Å². The van der Waals surface area contributed by atoms with E-state index in [0.29, 0.717) is 10.8 Å². The first-order valence-electron chi connectivity index (χ1n) is 4.54. The molecule has 5 heteroatoms. The Balaban J connectivity index is 2.38. The molecular weight excluding hydrogens is 311 g/mol. The first-order chi connectivity index (χ1) is 7.70. The van der Waals surface area contributed by atoms with Crippen LogP contribution in [0.4, 0.5) is 0 Å². The lowest BCUT2D eigenvalue weighted by molar-refractivity contribution is 1.17. The Morgan fingerprint density at radius 1 is 1.12 bits per heavy atom. The summed E-state index contributed by atoms with van der Waals surface area (Å²) in [5.41, 5.74) is 2.12. The van der Waals surface area contributed by atoms with E-state index in [2.05, 4.69) is 25.9 Å². The van der Waals surface area contributed by atoms with Gasteiger partial charge in [0.2, 0.25) is 0 Å². The highest BCUT2D eigenvalue weighted by Gasteiger charge is 2.05. The molecule has 0 aliphatic heterocycles. The quantitative estimate of drug-likeness (QED) is 0.608. The molecular formula is C11H7BrCl2N2. The van der Waals surface area contributed by atoms with Crippen LogP contribution in [0.1, 0.15) is 5.56 Å². The Morgan fingerprint density at radius 2 is 1.81 bits per heavy atom. The zero-order valence-electron chi connectivity index (χ0n) is 8.12. The Morgan fingerprint density at radius 3 is 2.38 bits per heavy atom. The minimum absolute atomic E-state index is 0.274. The summed E-state index contributed by atoms with van der Waals surface area (Å²) < 4.78 is 0. The van der Waals surface area contributed by atoms with E-state index >= 15 is 0 Å². The zero-order valence-corrected chi connectivity index (χ0v) is 11.2. The fraction of sp³-hybridized carbons (Fsp3) is 0.0909. The fourth-order valence-electron chi connectivity index (χ4n) is 1.23. The average molecular weight is 318 g/mol. The Bertz CT molecular complexity index is 500. The van der Waals surface area contributed by atoms with Gasteiger partial charge < -0.3 is 0 Å². The molecule has 0 spiro atoms. The van der Waals surface area contributed by atoms with Gasteiger partial charge in [0, 0.05) is 10.9 Å². The molecule has 82 valence electrons. The summed E-state index contributed by atoms with van der Waals surface area (Å²) in [5.74, 6) is 0.579. The molecule has 0 atom stereocenters. The molecule has 1 aromatic heterocycles. The maximum Gasteiger partial charge on any atom is 0.160 e. The predicted octanol–water partition coefficient (Wildman–Crippen LogP) is 4.35. The van der Waals surface area contributed by atoms with Crippen LogP contribution in [0.5, 0.6) is 0 Å². The van der Waals surface area contributed by atoms with E-state index in [0.717, 1.165) is 10.9 Å². The third-order valence-corrected chi connectivity index (χ3v) is 3.38. The average Bonchev–Trinajstić information content (AvgIpc) is 2.33. The number of rotatable bonds is 2. The van der Waals surface area contributed by atoms with E-state index in [-0.39, 0.29) is 5.15 Å². The van der Waals surface area contributed by atoms with Gasteiger partial charge in [0.25, 0.3) is 0 Å². The number of alkyl halides is 1. The molecule has 16 heavy (non-hydrogen) atoms. The van der Waals surface area contributed by atoms with Crippen molar-refractivity contribution in [1.29, 1.82) is 0 Å². The van der Waals surface area contributed by atoms with Gasteiger partial charge in [-0.25, -0.2) is 9.97 Å². The second-order valence-corrected chi connectivity index (χ2v) is 4.49. The monoisotopic (exact) mass is 316 g/mol. The highest BCUT2D eigenvalue weighted by Crippen LogP contribution is 2.22. The number of aromatic nitrogens is 2. The van der Waals surface area contributed by atoms with Crippen molar-refractivity contribution in [2.45, 2.75) is 5.33 Å². The van der Waals surface area contributed by atoms with Crippen molar-refractivity contribution in [2.75, 3.05) is 0 Å². The van der Waals surface area contributed by atoms with Gasteiger partial charge in [0.05, 0.1) is 11.2 Å². The molecule has 0 saturated heterocycles. The van der Waals surface area contributed by atoms with Gasteiger partial charge in [-0.15, -0.1) is 0 Å². The number of halogens is 3. The lowest BCUT2D eigenvalue weighted by atomic mass is 10.1. The zero-order chi connectivity index (χ0) is 11.5. The van der Waals surface area contributed by atoms with Gasteiger partial charge in [0.15, 0.2) is 11.0 Å². The van der Waals surface area contributed by atoms with E-state index in [1.54, 1.807) is 0 Å². The predicted molar refractivity (Wildman–Crippen MR) is 70.1 cm³/mol. The minimum Gasteiger partial charge on any atom is -0.235 e. The van der Waals surface area contributed by atoms with Crippen molar-refractivity contribution in [3.63, 3.8) is 0 Å². The largest absolute Gasteiger partial charge is 0.235 e. The summed E-state index contributed by atoms with van der Waals surface area (Å²) in [6, 6.07) is 7.93. The summed E-state index contributed by atoms with van der Waals surface area (Å²) in [6.07, 6.45) is 1.50. The smallest absolute Gasteiger partial charge is 0.160 e. The van der Waals surface area contributed by atoms with E-state index in [1.807, 2.05) is 24.3 Å². The van der Waals surface area contributed by atoms with Crippen molar-refractivity contribution in [1.82, 2.24) is 9.97 Å². The number of benzene rings is 1. The summed E-state index contributed by atoms with van der Waals surface area (Å²) in [6.45, 7) is 0. The molecule has 0 aliphatic rings. The van der Waals surface area contributed by atoms with Crippen LogP contribution in [0, 0.1) is 0 Å². The number of hydrogen-bond donors (Lipinski definition) is 0. The van der Waals surface area contributed by atoms with Gasteiger partial charge >= 0.3 is 0 Å². The Hall–Kier alpha value is -0.640. The molecule has 0 aliphatic carbocycles. The highest BCUT2D eigenvalue weighted by atomic mass is 79.9. The van der Waals surface area contributed by atoms with Crippen LogP contribution in [0.15, 0.2) is 30.5 Å². The maximum atomic E-state index is 5.83. The van der Waals surface area contributed by atoms with Gasteiger partial charge in [0.1, 0.15) is 0 Å². The molecule has 0 radical (unpaired) electrons. The van der Waals surface area contributed by atoms with Gasteiger partial charge in [-0.1, -0.05) is 63.4 Å². The molecule has 0 N–H and O–H groups in total. The third kappa shape index (κ3) is 2.54. The first kappa shape index (κ1) is 11.8. The van der Waals surface area contributed by atoms with Gasteiger partial charge in [-0.3, -0.25) is 0 Å². The Kier molecular flexibility index (Phi) is 3.79. The van der Waals surface area contributed by atoms with Gasteiger partial charge in [-0.2, -0.15) is 0 Å². The van der Waals surface area contributed by atoms with E-state index in [1.165, 1.54) is 11.8 Å². The number of nitrogens with zero attached hydrogens (tertiary/aromatic N) is 2. The second kappa shape index (κ2) is 5.13. The fourth-order valence-corrected chi connectivity index (χ4v) is 1.82. The molecule has 2 nitrogen and oxygen atoms in total. The molecule has 2 rings (SSSR count). The van der Waals surface area contributed by atoms with Crippen LogP contribution >= 0.6 is 39.1 Å². The van der Waals surface area contributed by atoms with Crippen LogP contribution in [0.3, 0.4) is 0 Å². The van der Waals surface area contributed by atoms with E-state index < -0.39 is 0 Å². The molecule has 0 saturated carbocycles. The van der Waals surface area contributed by atoms with Crippen molar-refractivity contribution >= 4 is 39.1 Å². The van der Waals surface area contributed by atoms with Crippen molar-refractivity contribution < 1.29 is 0 Å². The summed E-state index contributed by atoms with van der Waals surface area (Å²) in [7, 11) is 0. The molecule has 2 aromatic rings.